The first kappa shape index (κ1) is 17.0. The lowest BCUT2D eigenvalue weighted by Crippen LogP contribution is -2.58. The molecule has 0 radical (unpaired) electrons. The highest BCUT2D eigenvalue weighted by molar-refractivity contribution is 9.10. The average Bonchev–Trinajstić information content (AvgIpc) is 2.94. The lowest BCUT2D eigenvalue weighted by atomic mass is 9.83. The summed E-state index contributed by atoms with van der Waals surface area (Å²) >= 11 is 3.60. The zero-order chi connectivity index (χ0) is 15.3. The third-order valence-electron chi connectivity index (χ3n) is 4.98. The quantitative estimate of drug-likeness (QED) is 0.789. The average molecular weight is 353 g/mol. The van der Waals surface area contributed by atoms with Gasteiger partial charge in [-0.2, -0.15) is 0 Å². The predicted octanol–water partition coefficient (Wildman–Crippen LogP) is 4.23. The number of nitrogens with one attached hydrogen (secondary N) is 1. The summed E-state index contributed by atoms with van der Waals surface area (Å²) in [5, 5.41) is 3.84. The topological polar surface area (TPSA) is 15.3 Å². The second kappa shape index (κ2) is 7.75. The first-order valence-corrected chi connectivity index (χ1v) is 9.03. The number of rotatable bonds is 7. The van der Waals surface area contributed by atoms with Crippen molar-refractivity contribution >= 4 is 15.9 Å². The van der Waals surface area contributed by atoms with Crippen LogP contribution in [0.4, 0.5) is 0 Å². The van der Waals surface area contributed by atoms with E-state index >= 15 is 0 Å². The van der Waals surface area contributed by atoms with Crippen LogP contribution in [0, 0.1) is 0 Å². The minimum absolute atomic E-state index is 0.317. The van der Waals surface area contributed by atoms with Crippen LogP contribution in [0.15, 0.2) is 28.7 Å². The molecule has 21 heavy (non-hydrogen) atoms. The molecule has 2 nitrogen and oxygen atoms in total. The first-order valence-electron chi connectivity index (χ1n) is 8.24. The predicted molar refractivity (Wildman–Crippen MR) is 94.8 cm³/mol. The maximum Gasteiger partial charge on any atom is 0.0359 e. The fraction of sp³-hybridized carbons (Fsp3) is 0.667. The number of hydrogen-bond acceptors (Lipinski definition) is 2. The number of benzene rings is 1. The molecule has 2 rings (SSSR count). The van der Waals surface area contributed by atoms with Gasteiger partial charge in [-0.3, -0.25) is 0 Å². The van der Waals surface area contributed by atoms with Crippen molar-refractivity contribution in [3.8, 4) is 0 Å². The highest BCUT2D eigenvalue weighted by atomic mass is 79.9. The Bertz CT molecular complexity index is 439. The van der Waals surface area contributed by atoms with E-state index < -0.39 is 0 Å². The molecule has 1 atom stereocenters. The number of hydrogen-bond donors (Lipinski definition) is 1. The van der Waals surface area contributed by atoms with Gasteiger partial charge < -0.3 is 10.2 Å². The van der Waals surface area contributed by atoms with Gasteiger partial charge in [-0.05, 0) is 64.0 Å². The fourth-order valence-electron chi connectivity index (χ4n) is 3.76. The van der Waals surface area contributed by atoms with Crippen LogP contribution in [0.2, 0.25) is 0 Å². The third-order valence-corrected chi connectivity index (χ3v) is 5.47. The van der Waals surface area contributed by atoms with E-state index in [9.17, 15) is 0 Å². The van der Waals surface area contributed by atoms with E-state index in [4.69, 9.17) is 0 Å². The monoisotopic (exact) mass is 352 g/mol. The molecule has 1 N–H and O–H groups in total. The van der Waals surface area contributed by atoms with Crippen molar-refractivity contribution in [3.63, 3.8) is 0 Å². The Labute approximate surface area is 138 Å². The van der Waals surface area contributed by atoms with Crippen LogP contribution in [0.1, 0.15) is 44.6 Å². The van der Waals surface area contributed by atoms with Gasteiger partial charge >= 0.3 is 0 Å². The van der Waals surface area contributed by atoms with Crippen LogP contribution in [0.5, 0.6) is 0 Å². The van der Waals surface area contributed by atoms with Gasteiger partial charge in [-0.1, -0.05) is 47.8 Å². The van der Waals surface area contributed by atoms with Gasteiger partial charge in [0.05, 0.1) is 0 Å². The summed E-state index contributed by atoms with van der Waals surface area (Å²) in [7, 11) is 4.51. The number of likely N-dealkylation sites (N-methyl/N-ethyl adjacent to an activating group) is 1. The summed E-state index contributed by atoms with van der Waals surface area (Å²) in [6.07, 6.45) is 7.66. The van der Waals surface area contributed by atoms with E-state index in [-0.39, 0.29) is 0 Å². The number of halogens is 1. The maximum atomic E-state index is 3.84. The van der Waals surface area contributed by atoms with Crippen molar-refractivity contribution in [1.29, 1.82) is 0 Å². The van der Waals surface area contributed by atoms with Gasteiger partial charge in [0, 0.05) is 16.1 Å². The minimum Gasteiger partial charge on any atom is -0.312 e. The van der Waals surface area contributed by atoms with Crippen LogP contribution >= 0.6 is 15.9 Å². The lowest BCUT2D eigenvalue weighted by Gasteiger charge is -2.44. The molecule has 3 heteroatoms. The van der Waals surface area contributed by atoms with E-state index in [1.807, 2.05) is 0 Å². The van der Waals surface area contributed by atoms with Gasteiger partial charge in [0.15, 0.2) is 0 Å². The SMILES string of the molecule is CCCNC(Cc1cccc(Br)c1)C1(N(C)C)CCCC1. The van der Waals surface area contributed by atoms with E-state index in [0.717, 1.165) is 13.0 Å². The van der Waals surface area contributed by atoms with E-state index in [2.05, 4.69) is 71.4 Å². The molecule has 0 aromatic heterocycles. The largest absolute Gasteiger partial charge is 0.312 e. The van der Waals surface area contributed by atoms with Crippen LogP contribution in [0.25, 0.3) is 0 Å². The molecule has 1 fully saturated rings. The van der Waals surface area contributed by atoms with Crippen molar-refractivity contribution < 1.29 is 0 Å². The van der Waals surface area contributed by atoms with Crippen molar-refractivity contribution in [1.82, 2.24) is 10.2 Å². The van der Waals surface area contributed by atoms with Crippen LogP contribution in [0.3, 0.4) is 0 Å². The Kier molecular flexibility index (Phi) is 6.27. The zero-order valence-corrected chi connectivity index (χ0v) is 15.2. The van der Waals surface area contributed by atoms with Crippen LogP contribution in [-0.4, -0.2) is 37.1 Å². The standard InChI is InChI=1S/C18H29BrN2/c1-4-12-20-17(14-15-8-7-9-16(19)13-15)18(21(2)3)10-5-6-11-18/h7-9,13,17,20H,4-6,10-12,14H2,1-3H3. The molecule has 0 saturated heterocycles. The smallest absolute Gasteiger partial charge is 0.0359 e. The summed E-state index contributed by atoms with van der Waals surface area (Å²) in [6.45, 7) is 3.36. The lowest BCUT2D eigenvalue weighted by molar-refractivity contribution is 0.104. The van der Waals surface area contributed by atoms with Crippen molar-refractivity contribution in [2.24, 2.45) is 0 Å². The minimum atomic E-state index is 0.317. The van der Waals surface area contributed by atoms with Crippen LogP contribution in [-0.2, 0) is 6.42 Å². The maximum absolute atomic E-state index is 3.84. The molecule has 118 valence electrons. The Morgan fingerprint density at radius 1 is 1.29 bits per heavy atom. The van der Waals surface area contributed by atoms with Crippen molar-refractivity contribution in [2.75, 3.05) is 20.6 Å². The molecule has 0 heterocycles. The molecule has 1 aliphatic rings. The molecular weight excluding hydrogens is 324 g/mol. The second-order valence-electron chi connectivity index (χ2n) is 6.55. The van der Waals surface area contributed by atoms with Crippen LogP contribution < -0.4 is 5.32 Å². The van der Waals surface area contributed by atoms with Crippen molar-refractivity contribution in [2.45, 2.75) is 57.0 Å². The highest BCUT2D eigenvalue weighted by Gasteiger charge is 2.42. The summed E-state index contributed by atoms with van der Waals surface area (Å²) in [6, 6.07) is 9.30. The molecule has 0 amide bonds. The highest BCUT2D eigenvalue weighted by Crippen LogP contribution is 2.38. The Balaban J connectivity index is 2.20. The third kappa shape index (κ3) is 4.08. The van der Waals surface area contributed by atoms with Crippen molar-refractivity contribution in [3.05, 3.63) is 34.3 Å². The zero-order valence-electron chi connectivity index (χ0n) is 13.7. The van der Waals surface area contributed by atoms with Gasteiger partial charge in [-0.25, -0.2) is 0 Å². The molecule has 1 aromatic carbocycles. The Morgan fingerprint density at radius 3 is 2.57 bits per heavy atom. The van der Waals surface area contributed by atoms with Gasteiger partial charge in [0.1, 0.15) is 0 Å². The van der Waals surface area contributed by atoms with Gasteiger partial charge in [0.2, 0.25) is 0 Å². The summed E-state index contributed by atoms with van der Waals surface area (Å²) in [5.74, 6) is 0. The van der Waals surface area contributed by atoms with Gasteiger partial charge in [0.25, 0.3) is 0 Å². The summed E-state index contributed by atoms with van der Waals surface area (Å²) < 4.78 is 1.18. The Morgan fingerprint density at radius 2 is 2.00 bits per heavy atom. The molecule has 0 spiro atoms. The molecule has 0 bridgehead atoms. The first-order chi connectivity index (χ1) is 10.1. The Hall–Kier alpha value is -0.380. The molecule has 1 aromatic rings. The molecule has 1 aliphatic carbocycles. The van der Waals surface area contributed by atoms with E-state index in [1.165, 1.54) is 42.1 Å². The fourth-order valence-corrected chi connectivity index (χ4v) is 4.21. The molecule has 1 unspecified atom stereocenters. The molecule has 1 saturated carbocycles. The molecular formula is C18H29BrN2. The number of nitrogens with zero attached hydrogens (tertiary/aromatic N) is 1. The van der Waals surface area contributed by atoms with E-state index in [1.54, 1.807) is 0 Å². The summed E-state index contributed by atoms with van der Waals surface area (Å²) in [5.41, 5.74) is 1.74. The normalized spacial score (nSPS) is 19.1. The van der Waals surface area contributed by atoms with E-state index in [0.29, 0.717) is 11.6 Å². The summed E-state index contributed by atoms with van der Waals surface area (Å²) in [4.78, 5) is 2.48. The van der Waals surface area contributed by atoms with Gasteiger partial charge in [-0.15, -0.1) is 0 Å². The second-order valence-corrected chi connectivity index (χ2v) is 7.46. The molecule has 0 aliphatic heterocycles.